The van der Waals surface area contributed by atoms with Crippen molar-refractivity contribution in [2.75, 3.05) is 11.4 Å². The van der Waals surface area contributed by atoms with Gasteiger partial charge >= 0.3 is 0 Å². The maximum atomic E-state index is 12.0. The van der Waals surface area contributed by atoms with Crippen molar-refractivity contribution in [1.82, 2.24) is 0 Å². The molecule has 1 amide bonds. The minimum absolute atomic E-state index is 0.156. The van der Waals surface area contributed by atoms with Crippen molar-refractivity contribution in [3.8, 4) is 0 Å². The van der Waals surface area contributed by atoms with Crippen LogP contribution in [0.25, 0.3) is 0 Å². The molecule has 1 aliphatic heterocycles. The Labute approximate surface area is 127 Å². The molecule has 1 aromatic rings. The molecule has 0 radical (unpaired) electrons. The molecule has 1 aromatic carbocycles. The quantitative estimate of drug-likeness (QED) is 0.923. The van der Waals surface area contributed by atoms with E-state index in [2.05, 4.69) is 18.2 Å². The molecule has 1 saturated carbocycles. The topological polar surface area (TPSA) is 46.3 Å². The Morgan fingerprint density at radius 1 is 1.24 bits per heavy atom. The molecule has 1 atom stereocenters. The zero-order chi connectivity index (χ0) is 14.8. The Hall–Kier alpha value is -1.35. The first-order chi connectivity index (χ1) is 10.2. The fraction of sp³-hybridized carbons (Fsp3) is 0.611. The van der Waals surface area contributed by atoms with Crippen LogP contribution >= 0.6 is 0 Å². The van der Waals surface area contributed by atoms with E-state index in [0.717, 1.165) is 18.7 Å². The fourth-order valence-electron chi connectivity index (χ4n) is 3.90. The predicted molar refractivity (Wildman–Crippen MR) is 86.3 cm³/mol. The smallest absolute Gasteiger partial charge is 0.227 e. The molecule has 1 fully saturated rings. The first kappa shape index (κ1) is 14.6. The summed E-state index contributed by atoms with van der Waals surface area (Å²) in [6.45, 7) is 2.79. The summed E-state index contributed by atoms with van der Waals surface area (Å²) in [5, 5.41) is 0. The molecular formula is C18H26N2O. The molecule has 21 heavy (non-hydrogen) atoms. The van der Waals surface area contributed by atoms with Crippen LogP contribution in [0.1, 0.15) is 62.6 Å². The van der Waals surface area contributed by atoms with Crippen molar-refractivity contribution in [2.24, 2.45) is 11.7 Å². The van der Waals surface area contributed by atoms with Gasteiger partial charge in [-0.15, -0.1) is 0 Å². The largest absolute Gasteiger partial charge is 0.324 e. The van der Waals surface area contributed by atoms with Crippen LogP contribution < -0.4 is 10.6 Å². The molecule has 0 saturated heterocycles. The lowest BCUT2D eigenvalue weighted by molar-refractivity contribution is -0.118. The molecule has 0 bridgehead atoms. The van der Waals surface area contributed by atoms with Crippen molar-refractivity contribution in [2.45, 2.75) is 57.9 Å². The van der Waals surface area contributed by atoms with E-state index in [9.17, 15) is 4.79 Å². The highest BCUT2D eigenvalue weighted by atomic mass is 16.2. The van der Waals surface area contributed by atoms with Crippen LogP contribution in [0.5, 0.6) is 0 Å². The molecular weight excluding hydrogens is 260 g/mol. The van der Waals surface area contributed by atoms with Gasteiger partial charge in [-0.05, 0) is 49.3 Å². The summed E-state index contributed by atoms with van der Waals surface area (Å²) in [5.74, 6) is 0.874. The zero-order valence-corrected chi connectivity index (χ0v) is 13.0. The van der Waals surface area contributed by atoms with E-state index in [-0.39, 0.29) is 11.9 Å². The van der Waals surface area contributed by atoms with Gasteiger partial charge in [0.15, 0.2) is 0 Å². The van der Waals surface area contributed by atoms with Crippen LogP contribution in [-0.4, -0.2) is 12.5 Å². The Balaban J connectivity index is 1.84. The van der Waals surface area contributed by atoms with E-state index in [1.54, 1.807) is 0 Å². The van der Waals surface area contributed by atoms with Crippen LogP contribution in [0.3, 0.4) is 0 Å². The second kappa shape index (κ2) is 6.18. The highest BCUT2D eigenvalue weighted by molar-refractivity contribution is 5.96. The highest BCUT2D eigenvalue weighted by Gasteiger charge is 2.26. The van der Waals surface area contributed by atoms with E-state index in [1.165, 1.54) is 43.2 Å². The van der Waals surface area contributed by atoms with Crippen molar-refractivity contribution >= 4 is 11.6 Å². The summed E-state index contributed by atoms with van der Waals surface area (Å²) >= 11 is 0. The number of hydrogen-bond acceptors (Lipinski definition) is 2. The summed E-state index contributed by atoms with van der Waals surface area (Å²) in [7, 11) is 0. The molecule has 1 heterocycles. The number of nitrogens with two attached hydrogens (primary N) is 1. The van der Waals surface area contributed by atoms with Crippen LogP contribution in [0, 0.1) is 5.92 Å². The van der Waals surface area contributed by atoms with Gasteiger partial charge in [0.1, 0.15) is 0 Å². The number of fused-ring (bicyclic) bond motifs is 1. The second-order valence-electron chi connectivity index (χ2n) is 6.45. The van der Waals surface area contributed by atoms with E-state index in [0.29, 0.717) is 12.3 Å². The highest BCUT2D eigenvalue weighted by Crippen LogP contribution is 2.35. The standard InChI is InChI=1S/C18H26N2O/c1-2-20-16-10-8-15(12-14(16)9-11-17(20)21)18(19)13-6-4-3-5-7-13/h8,10,12-13,18H,2-7,9,11,19H2,1H3. The number of hydrogen-bond donors (Lipinski definition) is 1. The molecule has 3 rings (SSSR count). The van der Waals surface area contributed by atoms with Gasteiger partial charge in [0.25, 0.3) is 0 Å². The molecule has 0 spiro atoms. The Kier molecular flexibility index (Phi) is 4.29. The van der Waals surface area contributed by atoms with Crippen molar-refractivity contribution in [1.29, 1.82) is 0 Å². The molecule has 114 valence electrons. The lowest BCUT2D eigenvalue weighted by Crippen LogP contribution is -2.35. The van der Waals surface area contributed by atoms with Gasteiger partial charge in [0, 0.05) is 24.7 Å². The zero-order valence-electron chi connectivity index (χ0n) is 13.0. The molecule has 1 unspecified atom stereocenters. The van der Waals surface area contributed by atoms with Gasteiger partial charge in [0.2, 0.25) is 5.91 Å². The molecule has 2 N–H and O–H groups in total. The third kappa shape index (κ3) is 2.84. The summed E-state index contributed by atoms with van der Waals surface area (Å²) in [4.78, 5) is 13.9. The van der Waals surface area contributed by atoms with Gasteiger partial charge in [-0.1, -0.05) is 31.4 Å². The maximum absolute atomic E-state index is 12.0. The first-order valence-electron chi connectivity index (χ1n) is 8.39. The van der Waals surface area contributed by atoms with Crippen molar-refractivity contribution < 1.29 is 4.79 Å². The summed E-state index contributed by atoms with van der Waals surface area (Å²) in [6, 6.07) is 6.65. The summed E-state index contributed by atoms with van der Waals surface area (Å²) < 4.78 is 0. The third-order valence-electron chi connectivity index (χ3n) is 5.16. The maximum Gasteiger partial charge on any atom is 0.227 e. The monoisotopic (exact) mass is 286 g/mol. The third-order valence-corrected chi connectivity index (χ3v) is 5.16. The predicted octanol–water partition coefficient (Wildman–Crippen LogP) is 3.57. The van der Waals surface area contributed by atoms with Crippen molar-refractivity contribution in [3.05, 3.63) is 29.3 Å². The Morgan fingerprint density at radius 2 is 2.00 bits per heavy atom. The molecule has 3 heteroatoms. The minimum Gasteiger partial charge on any atom is -0.324 e. The number of anilines is 1. The fourth-order valence-corrected chi connectivity index (χ4v) is 3.90. The normalized spacial score (nSPS) is 21.2. The van der Waals surface area contributed by atoms with Crippen LogP contribution in [0.4, 0.5) is 5.69 Å². The lowest BCUT2D eigenvalue weighted by atomic mass is 9.81. The summed E-state index contributed by atoms with van der Waals surface area (Å²) in [6.07, 6.45) is 8.01. The SMILES string of the molecule is CCN1C(=O)CCc2cc(C(N)C3CCCCC3)ccc21. The van der Waals surface area contributed by atoms with Crippen LogP contribution in [0.15, 0.2) is 18.2 Å². The molecule has 3 nitrogen and oxygen atoms in total. The minimum atomic E-state index is 0.156. The van der Waals surface area contributed by atoms with E-state index >= 15 is 0 Å². The number of rotatable bonds is 3. The summed E-state index contributed by atoms with van der Waals surface area (Å²) in [5.41, 5.74) is 10.2. The van der Waals surface area contributed by atoms with Crippen LogP contribution in [-0.2, 0) is 11.2 Å². The average Bonchev–Trinajstić information content (AvgIpc) is 2.54. The lowest BCUT2D eigenvalue weighted by Gasteiger charge is -2.31. The Morgan fingerprint density at radius 3 is 2.71 bits per heavy atom. The Bertz CT molecular complexity index is 520. The number of aryl methyl sites for hydroxylation is 1. The van der Waals surface area contributed by atoms with Gasteiger partial charge in [-0.25, -0.2) is 0 Å². The van der Waals surface area contributed by atoms with Gasteiger partial charge in [-0.2, -0.15) is 0 Å². The van der Waals surface area contributed by atoms with Gasteiger partial charge in [-0.3, -0.25) is 4.79 Å². The molecule has 0 aromatic heterocycles. The molecule has 1 aliphatic carbocycles. The number of benzene rings is 1. The second-order valence-corrected chi connectivity index (χ2v) is 6.45. The van der Waals surface area contributed by atoms with Crippen LogP contribution in [0.2, 0.25) is 0 Å². The number of amides is 1. The number of carbonyl (C=O) groups excluding carboxylic acids is 1. The van der Waals surface area contributed by atoms with E-state index in [4.69, 9.17) is 5.73 Å². The first-order valence-corrected chi connectivity index (χ1v) is 8.39. The molecule has 2 aliphatic rings. The number of nitrogens with zero attached hydrogens (tertiary/aromatic N) is 1. The van der Waals surface area contributed by atoms with E-state index < -0.39 is 0 Å². The number of carbonyl (C=O) groups is 1. The van der Waals surface area contributed by atoms with Gasteiger partial charge in [0.05, 0.1) is 0 Å². The van der Waals surface area contributed by atoms with Gasteiger partial charge < -0.3 is 10.6 Å². The average molecular weight is 286 g/mol. The van der Waals surface area contributed by atoms with Crippen molar-refractivity contribution in [3.63, 3.8) is 0 Å². The van der Waals surface area contributed by atoms with E-state index in [1.807, 2.05) is 11.8 Å².